The Morgan fingerprint density at radius 3 is 2.27 bits per heavy atom. The first-order valence-electron chi connectivity index (χ1n) is 4.79. The van der Waals surface area contributed by atoms with Crippen molar-refractivity contribution in [1.29, 1.82) is 0 Å². The third kappa shape index (κ3) is 2.80. The molecule has 0 radical (unpaired) electrons. The molecule has 15 heavy (non-hydrogen) atoms. The van der Waals surface area contributed by atoms with Crippen molar-refractivity contribution in [3.05, 3.63) is 47.1 Å². The van der Waals surface area contributed by atoms with Crippen molar-refractivity contribution in [2.75, 3.05) is 0 Å². The Kier molecular flexibility index (Phi) is 3.02. The summed E-state index contributed by atoms with van der Waals surface area (Å²) < 4.78 is 0. The lowest BCUT2D eigenvalue weighted by atomic mass is 10.2. The fourth-order valence-corrected chi connectivity index (χ4v) is 2.27. The molecule has 0 spiro atoms. The lowest BCUT2D eigenvalue weighted by Gasteiger charge is -2.10. The van der Waals surface area contributed by atoms with Crippen LogP contribution in [-0.2, 0) is 0 Å². The minimum atomic E-state index is 0.287. The molecule has 0 unspecified atom stereocenters. The first-order chi connectivity index (χ1) is 7.24. The highest BCUT2D eigenvalue weighted by atomic mass is 32.2. The minimum Gasteiger partial charge on any atom is -0.512 e. The minimum absolute atomic E-state index is 0.287. The first kappa shape index (κ1) is 10.2. The van der Waals surface area contributed by atoms with Crippen molar-refractivity contribution in [2.45, 2.75) is 17.7 Å². The number of benzene rings is 1. The highest BCUT2D eigenvalue weighted by Gasteiger charge is 2.06. The van der Waals surface area contributed by atoms with Crippen LogP contribution in [0.25, 0.3) is 0 Å². The molecule has 3 heteroatoms. The molecular weight excluding hydrogens is 208 g/mol. The summed E-state index contributed by atoms with van der Waals surface area (Å²) in [4.78, 5) is 2.34. The SMILES string of the molecule is OC1=CC=C(Sc2ccc(O)cc2)CC1. The maximum atomic E-state index is 9.20. The number of thioether (sulfide) groups is 1. The Labute approximate surface area is 92.9 Å². The van der Waals surface area contributed by atoms with Gasteiger partial charge in [0.1, 0.15) is 5.75 Å². The maximum Gasteiger partial charge on any atom is 0.115 e. The van der Waals surface area contributed by atoms with E-state index < -0.39 is 0 Å². The van der Waals surface area contributed by atoms with Gasteiger partial charge in [0.05, 0.1) is 5.76 Å². The van der Waals surface area contributed by atoms with Crippen LogP contribution in [0.3, 0.4) is 0 Å². The molecular formula is C12H12O2S. The lowest BCUT2D eigenvalue weighted by Crippen LogP contribution is -1.89. The van der Waals surface area contributed by atoms with Gasteiger partial charge in [-0.1, -0.05) is 11.8 Å². The van der Waals surface area contributed by atoms with Crippen molar-refractivity contribution >= 4 is 11.8 Å². The average molecular weight is 220 g/mol. The molecule has 0 heterocycles. The summed E-state index contributed by atoms with van der Waals surface area (Å²) in [5.41, 5.74) is 0. The van der Waals surface area contributed by atoms with Crippen LogP contribution in [0.1, 0.15) is 12.8 Å². The van der Waals surface area contributed by atoms with Crippen LogP contribution in [0, 0.1) is 0 Å². The van der Waals surface area contributed by atoms with Crippen molar-refractivity contribution in [2.24, 2.45) is 0 Å². The molecule has 0 amide bonds. The van der Waals surface area contributed by atoms with E-state index in [0.717, 1.165) is 17.7 Å². The van der Waals surface area contributed by atoms with Crippen LogP contribution in [0.4, 0.5) is 0 Å². The van der Waals surface area contributed by atoms with Crippen LogP contribution >= 0.6 is 11.8 Å². The molecule has 78 valence electrons. The summed E-state index contributed by atoms with van der Waals surface area (Å²) in [6.07, 6.45) is 5.29. The number of aliphatic hydroxyl groups is 1. The van der Waals surface area contributed by atoms with Gasteiger partial charge in [0.2, 0.25) is 0 Å². The molecule has 1 aliphatic carbocycles. The van der Waals surface area contributed by atoms with Gasteiger partial charge in [0.15, 0.2) is 0 Å². The van der Waals surface area contributed by atoms with Crippen LogP contribution < -0.4 is 0 Å². The second-order valence-corrected chi connectivity index (χ2v) is 4.59. The molecule has 2 rings (SSSR count). The Bertz CT molecular complexity index is 404. The number of hydrogen-bond donors (Lipinski definition) is 2. The zero-order valence-electron chi connectivity index (χ0n) is 8.18. The predicted molar refractivity (Wildman–Crippen MR) is 62.0 cm³/mol. The second-order valence-electron chi connectivity index (χ2n) is 3.39. The predicted octanol–water partition coefficient (Wildman–Crippen LogP) is 3.60. The van der Waals surface area contributed by atoms with E-state index in [0.29, 0.717) is 5.76 Å². The Balaban J connectivity index is 2.06. The highest BCUT2D eigenvalue weighted by Crippen LogP contribution is 2.33. The number of aliphatic hydroxyl groups excluding tert-OH is 1. The zero-order chi connectivity index (χ0) is 10.7. The normalized spacial score (nSPS) is 15.7. The number of phenols is 1. The summed E-state index contributed by atoms with van der Waals surface area (Å²) >= 11 is 1.67. The van der Waals surface area contributed by atoms with E-state index in [2.05, 4.69) is 0 Å². The second kappa shape index (κ2) is 4.45. The van der Waals surface area contributed by atoms with Crippen LogP contribution in [0.5, 0.6) is 5.75 Å². The fraction of sp³-hybridized carbons (Fsp3) is 0.167. The van der Waals surface area contributed by atoms with Gasteiger partial charge in [0.25, 0.3) is 0 Å². The van der Waals surface area contributed by atoms with E-state index in [1.807, 2.05) is 18.2 Å². The lowest BCUT2D eigenvalue weighted by molar-refractivity contribution is 0.387. The molecule has 0 saturated carbocycles. The third-order valence-electron chi connectivity index (χ3n) is 2.17. The number of phenolic OH excluding ortho intramolecular Hbond substituents is 1. The molecule has 0 bridgehead atoms. The fourth-order valence-electron chi connectivity index (χ4n) is 1.36. The summed E-state index contributed by atoms with van der Waals surface area (Å²) in [6.45, 7) is 0. The van der Waals surface area contributed by atoms with Gasteiger partial charge >= 0.3 is 0 Å². The third-order valence-corrected chi connectivity index (χ3v) is 3.29. The standard InChI is InChI=1S/C12H12O2S/c13-9-1-5-11(6-2-9)15-12-7-3-10(14)4-8-12/h1-3,5-7,13-14H,4,8H2. The first-order valence-corrected chi connectivity index (χ1v) is 5.61. The maximum absolute atomic E-state index is 9.20. The molecule has 0 aliphatic heterocycles. The smallest absolute Gasteiger partial charge is 0.115 e. The van der Waals surface area contributed by atoms with E-state index in [-0.39, 0.29) is 5.75 Å². The molecule has 1 aliphatic rings. The van der Waals surface area contributed by atoms with Gasteiger partial charge in [-0.3, -0.25) is 0 Å². The zero-order valence-corrected chi connectivity index (χ0v) is 9.00. The monoisotopic (exact) mass is 220 g/mol. The Hall–Kier alpha value is -1.35. The van der Waals surface area contributed by atoms with Gasteiger partial charge in [-0.05, 0) is 47.7 Å². The van der Waals surface area contributed by atoms with E-state index >= 15 is 0 Å². The molecule has 0 fully saturated rings. The van der Waals surface area contributed by atoms with E-state index in [9.17, 15) is 5.11 Å². The molecule has 1 aromatic rings. The van der Waals surface area contributed by atoms with Gasteiger partial charge < -0.3 is 10.2 Å². The van der Waals surface area contributed by atoms with E-state index in [1.165, 1.54) is 4.91 Å². The highest BCUT2D eigenvalue weighted by molar-refractivity contribution is 8.03. The largest absolute Gasteiger partial charge is 0.512 e. The van der Waals surface area contributed by atoms with Gasteiger partial charge in [-0.2, -0.15) is 0 Å². The Morgan fingerprint density at radius 2 is 1.67 bits per heavy atom. The van der Waals surface area contributed by atoms with Crippen molar-refractivity contribution < 1.29 is 10.2 Å². The number of aromatic hydroxyl groups is 1. The van der Waals surface area contributed by atoms with Gasteiger partial charge in [0, 0.05) is 11.3 Å². The van der Waals surface area contributed by atoms with Crippen molar-refractivity contribution in [3.8, 4) is 5.75 Å². The molecule has 1 aromatic carbocycles. The summed E-state index contributed by atoms with van der Waals surface area (Å²) in [5.74, 6) is 0.736. The topological polar surface area (TPSA) is 40.5 Å². The van der Waals surface area contributed by atoms with Crippen LogP contribution in [-0.4, -0.2) is 10.2 Å². The van der Waals surface area contributed by atoms with Crippen LogP contribution in [0.15, 0.2) is 52.0 Å². The molecule has 2 N–H and O–H groups in total. The summed E-state index contributed by atoms with van der Waals surface area (Å²) in [5, 5.41) is 18.3. The van der Waals surface area contributed by atoms with Crippen LogP contribution in [0.2, 0.25) is 0 Å². The molecule has 2 nitrogen and oxygen atoms in total. The van der Waals surface area contributed by atoms with Gasteiger partial charge in [-0.15, -0.1) is 0 Å². The molecule has 0 aromatic heterocycles. The molecule has 0 atom stereocenters. The van der Waals surface area contributed by atoms with E-state index in [4.69, 9.17) is 5.11 Å². The molecule has 0 saturated heterocycles. The van der Waals surface area contributed by atoms with E-state index in [1.54, 1.807) is 30.0 Å². The quantitative estimate of drug-likeness (QED) is 0.800. The summed E-state index contributed by atoms with van der Waals surface area (Å²) in [7, 11) is 0. The average Bonchev–Trinajstić information content (AvgIpc) is 2.25. The van der Waals surface area contributed by atoms with Crippen molar-refractivity contribution in [1.82, 2.24) is 0 Å². The Morgan fingerprint density at radius 1 is 0.933 bits per heavy atom. The number of hydrogen-bond acceptors (Lipinski definition) is 3. The summed E-state index contributed by atoms with van der Waals surface area (Å²) in [6, 6.07) is 7.14. The van der Waals surface area contributed by atoms with Crippen molar-refractivity contribution in [3.63, 3.8) is 0 Å². The number of rotatable bonds is 2. The van der Waals surface area contributed by atoms with Gasteiger partial charge in [-0.25, -0.2) is 0 Å². The number of allylic oxidation sites excluding steroid dienone is 4.